The van der Waals surface area contributed by atoms with Crippen LogP contribution in [0.25, 0.3) is 16.6 Å². The number of sulfone groups is 1. The smallest absolute Gasteiger partial charge is 0.261 e. The maximum Gasteiger partial charge on any atom is 0.261 e. The Morgan fingerprint density at radius 1 is 1.35 bits per heavy atom. The van der Waals surface area contributed by atoms with Crippen molar-refractivity contribution in [3.63, 3.8) is 0 Å². The van der Waals surface area contributed by atoms with Crippen molar-refractivity contribution in [3.8, 4) is 11.1 Å². The van der Waals surface area contributed by atoms with E-state index < -0.39 is 9.84 Å². The Morgan fingerprint density at radius 2 is 2.19 bits per heavy atom. The van der Waals surface area contributed by atoms with Crippen molar-refractivity contribution in [3.05, 3.63) is 46.4 Å². The lowest BCUT2D eigenvalue weighted by atomic mass is 10.1. The van der Waals surface area contributed by atoms with Gasteiger partial charge in [-0.1, -0.05) is 6.07 Å². The molecule has 1 aliphatic rings. The first kappa shape index (κ1) is 17.2. The molecule has 3 aromatic heterocycles. The first-order chi connectivity index (χ1) is 12.4. The summed E-state index contributed by atoms with van der Waals surface area (Å²) in [5, 5.41) is 7.24. The van der Waals surface area contributed by atoms with Gasteiger partial charge in [0.15, 0.2) is 9.84 Å². The molecule has 1 amide bonds. The molecule has 136 valence electrons. The van der Waals surface area contributed by atoms with E-state index in [1.807, 2.05) is 37.4 Å². The van der Waals surface area contributed by atoms with E-state index >= 15 is 0 Å². The molecule has 1 N–H and O–H groups in total. The number of pyridine rings is 1. The average molecular weight is 390 g/mol. The second-order valence-corrected chi connectivity index (χ2v) is 10.1. The highest BCUT2D eigenvalue weighted by molar-refractivity contribution is 7.91. The molecule has 4 rings (SSSR count). The maximum absolute atomic E-state index is 12.6. The Balaban J connectivity index is 1.59. The molecule has 0 aromatic carbocycles. The van der Waals surface area contributed by atoms with Gasteiger partial charge >= 0.3 is 0 Å². The molecule has 3 aromatic rings. The lowest BCUT2D eigenvalue weighted by molar-refractivity contribution is 0.0942. The number of aryl methyl sites for hydroxylation is 1. The van der Waals surface area contributed by atoms with Crippen molar-refractivity contribution in [1.29, 1.82) is 0 Å². The maximum atomic E-state index is 12.6. The molecule has 1 fully saturated rings. The highest BCUT2D eigenvalue weighted by Gasteiger charge is 2.27. The van der Waals surface area contributed by atoms with Crippen LogP contribution in [0, 0.1) is 6.92 Å². The van der Waals surface area contributed by atoms with Gasteiger partial charge in [-0.3, -0.25) is 4.79 Å². The Kier molecular flexibility index (Phi) is 4.32. The van der Waals surface area contributed by atoms with Crippen LogP contribution in [0.4, 0.5) is 0 Å². The third kappa shape index (κ3) is 3.26. The van der Waals surface area contributed by atoms with Crippen molar-refractivity contribution < 1.29 is 13.2 Å². The number of thiophene rings is 1. The van der Waals surface area contributed by atoms with E-state index in [0.29, 0.717) is 17.7 Å². The quantitative estimate of drug-likeness (QED) is 0.747. The molecule has 8 heteroatoms. The van der Waals surface area contributed by atoms with E-state index in [2.05, 4.69) is 10.4 Å². The summed E-state index contributed by atoms with van der Waals surface area (Å²) >= 11 is 1.42. The Hall–Kier alpha value is -2.19. The van der Waals surface area contributed by atoms with Crippen LogP contribution in [-0.2, 0) is 9.84 Å². The number of carbonyl (C=O) groups excluding carboxylic acids is 1. The molecule has 0 unspecified atom stereocenters. The molecule has 4 heterocycles. The summed E-state index contributed by atoms with van der Waals surface area (Å²) in [4.78, 5) is 14.2. The first-order valence-corrected chi connectivity index (χ1v) is 11.1. The van der Waals surface area contributed by atoms with Gasteiger partial charge in [-0.05, 0) is 43.5 Å². The van der Waals surface area contributed by atoms with Gasteiger partial charge in [-0.25, -0.2) is 12.9 Å². The molecule has 26 heavy (non-hydrogen) atoms. The van der Waals surface area contributed by atoms with Crippen LogP contribution in [0.1, 0.15) is 27.4 Å². The number of nitrogens with one attached hydrogen (secondary N) is 1. The number of aromatic nitrogens is 2. The monoisotopic (exact) mass is 389 g/mol. The lowest BCUT2D eigenvalue weighted by Gasteiger charge is -2.22. The molecular weight excluding hydrogens is 370 g/mol. The highest BCUT2D eigenvalue weighted by atomic mass is 32.2. The van der Waals surface area contributed by atoms with Gasteiger partial charge in [0.25, 0.3) is 5.91 Å². The van der Waals surface area contributed by atoms with Gasteiger partial charge in [-0.2, -0.15) is 5.10 Å². The minimum atomic E-state index is -3.04. The van der Waals surface area contributed by atoms with Crippen molar-refractivity contribution >= 4 is 32.6 Å². The number of hydrogen-bond donors (Lipinski definition) is 1. The molecular formula is C18H19N3O3S2. The molecule has 6 nitrogen and oxygen atoms in total. The fraction of sp³-hybridized carbons (Fsp3) is 0.333. The number of nitrogens with zero attached hydrogens (tertiary/aromatic N) is 2. The number of carbonyl (C=O) groups is 1. The summed E-state index contributed by atoms with van der Waals surface area (Å²) in [5.41, 5.74) is 2.95. The first-order valence-electron chi connectivity index (χ1n) is 8.47. The molecule has 0 saturated carbocycles. The van der Waals surface area contributed by atoms with E-state index in [4.69, 9.17) is 0 Å². The molecule has 0 radical (unpaired) electrons. The second-order valence-electron chi connectivity index (χ2n) is 6.60. The molecule has 0 aliphatic carbocycles. The predicted molar refractivity (Wildman–Crippen MR) is 102 cm³/mol. The Morgan fingerprint density at radius 3 is 3.00 bits per heavy atom. The van der Waals surface area contributed by atoms with Crippen LogP contribution in [0.5, 0.6) is 0 Å². The van der Waals surface area contributed by atoms with Gasteiger partial charge in [-0.15, -0.1) is 11.3 Å². The second kappa shape index (κ2) is 6.51. The van der Waals surface area contributed by atoms with Crippen molar-refractivity contribution in [2.75, 3.05) is 11.5 Å². The summed E-state index contributed by atoms with van der Waals surface area (Å²) in [5.74, 6) is 0.0447. The Bertz CT molecular complexity index is 1080. The standard InChI is InChI=1S/C18H19N3O3S2/c1-12-14(15-10-19-21-7-3-2-6-16(15)21)9-17(25-12)18(22)20-13-5-4-8-26(23,24)11-13/h2-3,6-7,9-10,13H,4-5,8,11H2,1H3,(H,20,22)/t13-/m1/s1. The van der Waals surface area contributed by atoms with Crippen LogP contribution in [0.2, 0.25) is 0 Å². The normalized spacial score (nSPS) is 19.5. The summed E-state index contributed by atoms with van der Waals surface area (Å²) in [6.45, 7) is 1.98. The molecule has 0 spiro atoms. The summed E-state index contributed by atoms with van der Waals surface area (Å²) in [6.07, 6.45) is 5.00. The third-order valence-corrected chi connectivity index (χ3v) is 7.53. The number of hydrogen-bond acceptors (Lipinski definition) is 5. The van der Waals surface area contributed by atoms with Gasteiger partial charge in [0.05, 0.1) is 28.1 Å². The zero-order chi connectivity index (χ0) is 18.3. The molecule has 1 saturated heterocycles. The average Bonchev–Trinajstić information content (AvgIpc) is 3.17. The van der Waals surface area contributed by atoms with E-state index in [0.717, 1.165) is 21.5 Å². The topological polar surface area (TPSA) is 80.5 Å². The number of rotatable bonds is 3. The van der Waals surface area contributed by atoms with E-state index in [9.17, 15) is 13.2 Å². The van der Waals surface area contributed by atoms with Crippen LogP contribution >= 0.6 is 11.3 Å². The van der Waals surface area contributed by atoms with E-state index in [-0.39, 0.29) is 23.5 Å². The van der Waals surface area contributed by atoms with E-state index in [1.54, 1.807) is 10.7 Å². The zero-order valence-corrected chi connectivity index (χ0v) is 15.9. The zero-order valence-electron chi connectivity index (χ0n) is 14.3. The summed E-state index contributed by atoms with van der Waals surface area (Å²) < 4.78 is 25.3. The number of fused-ring (bicyclic) bond motifs is 1. The van der Waals surface area contributed by atoms with Gasteiger partial charge in [0.1, 0.15) is 0 Å². The Labute approximate surface area is 155 Å². The molecule has 1 aliphatic heterocycles. The largest absolute Gasteiger partial charge is 0.348 e. The predicted octanol–water partition coefficient (Wildman–Crippen LogP) is 2.68. The van der Waals surface area contributed by atoms with Gasteiger partial charge < -0.3 is 5.32 Å². The summed E-state index contributed by atoms with van der Waals surface area (Å²) in [7, 11) is -3.04. The van der Waals surface area contributed by atoms with Crippen LogP contribution in [0.3, 0.4) is 0 Å². The molecule has 0 bridgehead atoms. The van der Waals surface area contributed by atoms with Crippen molar-refractivity contribution in [2.45, 2.75) is 25.8 Å². The lowest BCUT2D eigenvalue weighted by Crippen LogP contribution is -2.42. The fourth-order valence-electron chi connectivity index (χ4n) is 3.40. The van der Waals surface area contributed by atoms with Crippen LogP contribution in [0.15, 0.2) is 36.7 Å². The SMILES string of the molecule is Cc1sc(C(=O)N[C@@H]2CCCS(=O)(=O)C2)cc1-c1cnn2ccccc12. The van der Waals surface area contributed by atoms with Gasteiger partial charge in [0.2, 0.25) is 0 Å². The van der Waals surface area contributed by atoms with Crippen molar-refractivity contribution in [2.24, 2.45) is 0 Å². The van der Waals surface area contributed by atoms with Crippen molar-refractivity contribution in [1.82, 2.24) is 14.9 Å². The van der Waals surface area contributed by atoms with E-state index in [1.165, 1.54) is 11.3 Å². The third-order valence-electron chi connectivity index (χ3n) is 4.66. The van der Waals surface area contributed by atoms with Gasteiger partial charge in [0, 0.05) is 22.7 Å². The number of amides is 1. The minimum absolute atomic E-state index is 0.0317. The molecule has 1 atom stereocenters. The summed E-state index contributed by atoms with van der Waals surface area (Å²) in [6, 6.07) is 7.44. The van der Waals surface area contributed by atoms with Crippen LogP contribution in [-0.4, -0.2) is 41.5 Å². The van der Waals surface area contributed by atoms with Crippen LogP contribution < -0.4 is 5.32 Å². The fourth-order valence-corrected chi connectivity index (χ4v) is 5.97. The highest BCUT2D eigenvalue weighted by Crippen LogP contribution is 2.33. The minimum Gasteiger partial charge on any atom is -0.348 e.